The van der Waals surface area contributed by atoms with Gasteiger partial charge in [0.1, 0.15) is 0 Å². The first kappa shape index (κ1) is 15.6. The topological polar surface area (TPSA) is 19.4 Å². The number of piperazine rings is 1. The Morgan fingerprint density at radius 3 is 2.54 bits per heavy atom. The summed E-state index contributed by atoms with van der Waals surface area (Å²) in [4.78, 5) is 9.13. The van der Waals surface area contributed by atoms with Gasteiger partial charge in [-0.15, -0.1) is 0 Å². The second-order valence-corrected chi connectivity index (χ2v) is 6.94. The molecule has 1 aromatic heterocycles. The molecule has 3 nitrogen and oxygen atoms in total. The summed E-state index contributed by atoms with van der Waals surface area (Å²) in [6, 6.07) is 11.1. The third kappa shape index (κ3) is 3.28. The molecule has 24 heavy (non-hydrogen) atoms. The molecule has 1 aliphatic heterocycles. The number of hydrogen-bond acceptors (Lipinski definition) is 3. The van der Waals surface area contributed by atoms with Crippen LogP contribution in [0, 0.1) is 0 Å². The minimum atomic E-state index is 1.08. The molecule has 2 aliphatic rings. The number of hydrogen-bond donors (Lipinski definition) is 0. The highest BCUT2D eigenvalue weighted by Gasteiger charge is 2.18. The number of rotatable bonds is 4. The number of allylic oxidation sites excluding steroid dienone is 1. The molecule has 2 aromatic rings. The summed E-state index contributed by atoms with van der Waals surface area (Å²) in [5.74, 6) is 0. The van der Waals surface area contributed by atoms with Gasteiger partial charge in [-0.3, -0.25) is 4.98 Å². The lowest BCUT2D eigenvalue weighted by Crippen LogP contribution is -2.44. The molecule has 0 saturated carbocycles. The van der Waals surface area contributed by atoms with Crippen LogP contribution in [0.2, 0.25) is 0 Å². The Kier molecular flexibility index (Phi) is 4.46. The van der Waals surface area contributed by atoms with Crippen LogP contribution in [-0.4, -0.2) is 54.6 Å². The molecule has 3 heteroatoms. The minimum absolute atomic E-state index is 1.08. The third-order valence-corrected chi connectivity index (χ3v) is 5.33. The van der Waals surface area contributed by atoms with Gasteiger partial charge in [-0.2, -0.15) is 0 Å². The monoisotopic (exact) mass is 319 g/mol. The van der Waals surface area contributed by atoms with Crippen LogP contribution in [-0.2, 0) is 6.42 Å². The van der Waals surface area contributed by atoms with Crippen LogP contribution >= 0.6 is 0 Å². The molecule has 0 spiro atoms. The van der Waals surface area contributed by atoms with Crippen LogP contribution in [0.1, 0.15) is 17.5 Å². The van der Waals surface area contributed by atoms with E-state index >= 15 is 0 Å². The van der Waals surface area contributed by atoms with Crippen molar-refractivity contribution in [1.29, 1.82) is 0 Å². The quantitative estimate of drug-likeness (QED) is 0.862. The van der Waals surface area contributed by atoms with Crippen LogP contribution in [0.3, 0.4) is 0 Å². The molecule has 0 atom stereocenters. The van der Waals surface area contributed by atoms with Crippen molar-refractivity contribution in [1.82, 2.24) is 14.8 Å². The standard InChI is InChI=1S/C21H25N3/c1-23-12-14-24(15-13-23)11-8-18-2-3-20-16-19(4-5-21(18)20)17-6-9-22-10-7-17/h2,4-7,9-10,16H,3,8,11-15H2,1H3. The lowest BCUT2D eigenvalue weighted by atomic mass is 9.98. The second-order valence-electron chi connectivity index (χ2n) is 6.94. The second kappa shape index (κ2) is 6.88. The van der Waals surface area contributed by atoms with Gasteiger partial charge in [0, 0.05) is 45.1 Å². The van der Waals surface area contributed by atoms with Crippen molar-refractivity contribution in [3.05, 3.63) is 59.9 Å². The average molecular weight is 319 g/mol. The van der Waals surface area contributed by atoms with E-state index in [4.69, 9.17) is 0 Å². The zero-order valence-electron chi connectivity index (χ0n) is 14.4. The fraction of sp³-hybridized carbons (Fsp3) is 0.381. The van der Waals surface area contributed by atoms with E-state index in [2.05, 4.69) is 58.2 Å². The zero-order valence-corrected chi connectivity index (χ0v) is 14.4. The van der Waals surface area contributed by atoms with Crippen molar-refractivity contribution in [2.45, 2.75) is 12.8 Å². The van der Waals surface area contributed by atoms with Gasteiger partial charge in [-0.25, -0.2) is 0 Å². The predicted octanol–water partition coefficient (Wildman–Crippen LogP) is 3.33. The maximum absolute atomic E-state index is 4.11. The van der Waals surface area contributed by atoms with Gasteiger partial charge in [-0.1, -0.05) is 24.3 Å². The highest BCUT2D eigenvalue weighted by Crippen LogP contribution is 2.33. The lowest BCUT2D eigenvalue weighted by Gasteiger charge is -2.32. The first-order chi connectivity index (χ1) is 11.8. The molecular weight excluding hydrogens is 294 g/mol. The molecular formula is C21H25N3. The summed E-state index contributed by atoms with van der Waals surface area (Å²) in [6.07, 6.45) is 8.40. The Labute approximate surface area is 144 Å². The highest BCUT2D eigenvalue weighted by atomic mass is 15.2. The molecule has 4 rings (SSSR count). The smallest absolute Gasteiger partial charge is 0.0273 e. The Morgan fingerprint density at radius 2 is 1.75 bits per heavy atom. The summed E-state index contributed by atoms with van der Waals surface area (Å²) in [5, 5.41) is 0. The molecule has 0 N–H and O–H groups in total. The lowest BCUT2D eigenvalue weighted by molar-refractivity contribution is 0.157. The fourth-order valence-corrected chi connectivity index (χ4v) is 3.73. The zero-order chi connectivity index (χ0) is 16.4. The first-order valence-corrected chi connectivity index (χ1v) is 8.93. The van der Waals surface area contributed by atoms with E-state index in [9.17, 15) is 0 Å². The first-order valence-electron chi connectivity index (χ1n) is 8.93. The SMILES string of the molecule is CN1CCN(CCC2=CCc3cc(-c4ccncc4)ccc32)CC1. The summed E-state index contributed by atoms with van der Waals surface area (Å²) < 4.78 is 0. The van der Waals surface area contributed by atoms with E-state index in [0.717, 1.165) is 6.42 Å². The normalized spacial score (nSPS) is 18.5. The van der Waals surface area contributed by atoms with Crippen molar-refractivity contribution in [3.63, 3.8) is 0 Å². The summed E-state index contributed by atoms with van der Waals surface area (Å²) in [6.45, 7) is 6.00. The number of pyridine rings is 1. The van der Waals surface area contributed by atoms with E-state index in [1.807, 2.05) is 12.4 Å². The van der Waals surface area contributed by atoms with Crippen LogP contribution in [0.25, 0.3) is 16.7 Å². The van der Waals surface area contributed by atoms with Gasteiger partial charge in [0.05, 0.1) is 0 Å². The highest BCUT2D eigenvalue weighted by molar-refractivity contribution is 5.76. The van der Waals surface area contributed by atoms with Crippen LogP contribution < -0.4 is 0 Å². The Morgan fingerprint density at radius 1 is 0.958 bits per heavy atom. The Hall–Kier alpha value is -1.97. The molecule has 0 unspecified atom stereocenters. The van der Waals surface area contributed by atoms with Crippen molar-refractivity contribution in [3.8, 4) is 11.1 Å². The number of likely N-dealkylation sites (N-methyl/N-ethyl adjacent to an activating group) is 1. The average Bonchev–Trinajstić information content (AvgIpc) is 3.04. The number of benzene rings is 1. The summed E-state index contributed by atoms with van der Waals surface area (Å²) >= 11 is 0. The van der Waals surface area contributed by atoms with Gasteiger partial charge in [0.15, 0.2) is 0 Å². The third-order valence-electron chi connectivity index (χ3n) is 5.33. The van der Waals surface area contributed by atoms with Gasteiger partial charge < -0.3 is 9.80 Å². The fourth-order valence-electron chi connectivity index (χ4n) is 3.73. The molecule has 1 aliphatic carbocycles. The molecule has 1 saturated heterocycles. The molecule has 0 amide bonds. The number of nitrogens with zero attached hydrogens (tertiary/aromatic N) is 3. The van der Waals surface area contributed by atoms with Crippen LogP contribution in [0.4, 0.5) is 0 Å². The molecule has 0 bridgehead atoms. The number of aromatic nitrogens is 1. The van der Waals surface area contributed by atoms with Gasteiger partial charge in [0.25, 0.3) is 0 Å². The summed E-state index contributed by atoms with van der Waals surface area (Å²) in [5.41, 5.74) is 7.01. The van der Waals surface area contributed by atoms with E-state index in [1.54, 1.807) is 0 Å². The van der Waals surface area contributed by atoms with E-state index < -0.39 is 0 Å². The molecule has 1 fully saturated rings. The Balaban J connectivity index is 1.42. The number of fused-ring (bicyclic) bond motifs is 1. The van der Waals surface area contributed by atoms with E-state index in [0.29, 0.717) is 0 Å². The van der Waals surface area contributed by atoms with Crippen molar-refractivity contribution >= 4 is 5.57 Å². The maximum atomic E-state index is 4.11. The van der Waals surface area contributed by atoms with Crippen LogP contribution in [0.15, 0.2) is 48.8 Å². The minimum Gasteiger partial charge on any atom is -0.304 e. The molecule has 1 aromatic carbocycles. The largest absolute Gasteiger partial charge is 0.304 e. The van der Waals surface area contributed by atoms with Crippen molar-refractivity contribution < 1.29 is 0 Å². The summed E-state index contributed by atoms with van der Waals surface area (Å²) in [7, 11) is 2.22. The van der Waals surface area contributed by atoms with Crippen molar-refractivity contribution in [2.75, 3.05) is 39.8 Å². The predicted molar refractivity (Wildman–Crippen MR) is 99.9 cm³/mol. The molecule has 2 heterocycles. The van der Waals surface area contributed by atoms with Crippen molar-refractivity contribution in [2.24, 2.45) is 0 Å². The van der Waals surface area contributed by atoms with Gasteiger partial charge in [-0.05, 0) is 59.8 Å². The van der Waals surface area contributed by atoms with E-state index in [-0.39, 0.29) is 0 Å². The Bertz CT molecular complexity index is 728. The molecule has 0 radical (unpaired) electrons. The molecule has 124 valence electrons. The maximum Gasteiger partial charge on any atom is 0.0273 e. The van der Waals surface area contributed by atoms with Gasteiger partial charge >= 0.3 is 0 Å². The van der Waals surface area contributed by atoms with Gasteiger partial charge in [0.2, 0.25) is 0 Å². The van der Waals surface area contributed by atoms with E-state index in [1.165, 1.54) is 67.0 Å². The van der Waals surface area contributed by atoms with Crippen LogP contribution in [0.5, 0.6) is 0 Å².